The zero-order chi connectivity index (χ0) is 27.2. The number of hydrogen-bond acceptors (Lipinski definition) is 6. The minimum absolute atomic E-state index is 0.163. The van der Waals surface area contributed by atoms with E-state index in [-0.39, 0.29) is 29.9 Å². The van der Waals surface area contributed by atoms with Crippen molar-refractivity contribution in [1.29, 1.82) is 0 Å². The summed E-state index contributed by atoms with van der Waals surface area (Å²) in [5, 5.41) is 0. The van der Waals surface area contributed by atoms with E-state index in [0.717, 1.165) is 34.6 Å². The van der Waals surface area contributed by atoms with Crippen LogP contribution < -0.4 is 18.9 Å². The number of Topliss-reactive ketones (excluding diaryl/α,β-unsaturated/α-hetero) is 1. The lowest BCUT2D eigenvalue weighted by molar-refractivity contribution is -0.135. The largest absolute Gasteiger partial charge is 0.497 e. The third-order valence-electron chi connectivity index (χ3n) is 7.24. The van der Waals surface area contributed by atoms with Crippen molar-refractivity contribution >= 4 is 17.8 Å². The third kappa shape index (κ3) is 6.00. The summed E-state index contributed by atoms with van der Waals surface area (Å²) >= 11 is 0. The molecule has 0 saturated heterocycles. The fraction of sp³-hybridized carbons (Fsp3) is 0.333. The van der Waals surface area contributed by atoms with Gasteiger partial charge in [-0.1, -0.05) is 63.3 Å². The molecule has 3 aromatic carbocycles. The Balaban J connectivity index is 1.34. The predicted octanol–water partition coefficient (Wildman–Crippen LogP) is 7.49. The molecule has 39 heavy (non-hydrogen) atoms. The first-order valence-corrected chi connectivity index (χ1v) is 13.8. The number of carbonyl (C=O) groups is 2. The molecule has 2 heterocycles. The van der Waals surface area contributed by atoms with Crippen LogP contribution in [0.25, 0.3) is 6.08 Å². The minimum Gasteiger partial charge on any atom is -0.497 e. The summed E-state index contributed by atoms with van der Waals surface area (Å²) < 4.78 is 22.9. The number of allylic oxidation sites excluding steroid dienone is 1. The Morgan fingerprint density at radius 3 is 2.31 bits per heavy atom. The van der Waals surface area contributed by atoms with E-state index in [0.29, 0.717) is 23.7 Å². The van der Waals surface area contributed by atoms with Gasteiger partial charge in [-0.2, -0.15) is 0 Å². The molecule has 5 rings (SSSR count). The van der Waals surface area contributed by atoms with E-state index in [1.165, 1.54) is 32.1 Å². The number of hydrogen-bond donors (Lipinski definition) is 0. The molecule has 0 aliphatic carbocycles. The average molecular weight is 527 g/mol. The minimum atomic E-state index is -0.311. The Bertz CT molecular complexity index is 1350. The molecule has 0 spiro atoms. The van der Waals surface area contributed by atoms with Gasteiger partial charge in [-0.3, -0.25) is 9.59 Å². The quantitative estimate of drug-likeness (QED) is 0.112. The van der Waals surface area contributed by atoms with Gasteiger partial charge in [0.1, 0.15) is 23.0 Å². The molecule has 2 aliphatic rings. The van der Waals surface area contributed by atoms with E-state index in [1.807, 2.05) is 48.5 Å². The Kier molecular flexibility index (Phi) is 8.30. The first-order chi connectivity index (χ1) is 19.1. The standard InChI is InChI=1S/C33H34O6/c1-3-4-5-6-7-8-19-37-25-15-11-23(12-16-25)27-21-30(34)38-28-18-17-26-32(35)29(39-33(26)31(27)28)20-22-9-13-24(36-2)14-10-22/h9-18,20,27H,3-8,19,21H2,1-2H3/b29-20-/t27-/m0/s1. The van der Waals surface area contributed by atoms with Gasteiger partial charge < -0.3 is 18.9 Å². The number of rotatable bonds is 11. The molecular formula is C33H34O6. The first kappa shape index (κ1) is 26.5. The molecule has 0 fully saturated rings. The highest BCUT2D eigenvalue weighted by atomic mass is 16.5. The number of carbonyl (C=O) groups excluding carboxylic acids is 2. The predicted molar refractivity (Wildman–Crippen MR) is 150 cm³/mol. The molecule has 0 radical (unpaired) electrons. The number of unbranched alkanes of at least 4 members (excludes halogenated alkanes) is 5. The second kappa shape index (κ2) is 12.2. The molecule has 3 aromatic rings. The van der Waals surface area contributed by atoms with Crippen LogP contribution in [0.2, 0.25) is 0 Å². The summed E-state index contributed by atoms with van der Waals surface area (Å²) in [6.45, 7) is 2.91. The zero-order valence-corrected chi connectivity index (χ0v) is 22.5. The molecule has 2 aliphatic heterocycles. The summed E-state index contributed by atoms with van der Waals surface area (Å²) in [5.41, 5.74) is 2.95. The van der Waals surface area contributed by atoms with Crippen molar-refractivity contribution in [2.75, 3.05) is 13.7 Å². The van der Waals surface area contributed by atoms with Crippen LogP contribution in [0.5, 0.6) is 23.0 Å². The third-order valence-corrected chi connectivity index (χ3v) is 7.24. The maximum Gasteiger partial charge on any atom is 0.312 e. The summed E-state index contributed by atoms with van der Waals surface area (Å²) in [6, 6.07) is 18.6. The molecule has 0 aromatic heterocycles. The molecule has 0 amide bonds. The van der Waals surface area contributed by atoms with Crippen LogP contribution in [-0.4, -0.2) is 25.5 Å². The van der Waals surface area contributed by atoms with Gasteiger partial charge in [0.25, 0.3) is 0 Å². The second-order valence-corrected chi connectivity index (χ2v) is 9.98. The molecule has 0 bridgehead atoms. The van der Waals surface area contributed by atoms with Crippen LogP contribution in [0, 0.1) is 0 Å². The van der Waals surface area contributed by atoms with E-state index in [2.05, 4.69) is 6.92 Å². The van der Waals surface area contributed by atoms with E-state index in [1.54, 1.807) is 25.3 Å². The molecule has 0 saturated carbocycles. The molecule has 0 N–H and O–H groups in total. The Morgan fingerprint density at radius 2 is 1.56 bits per heavy atom. The molecular weight excluding hydrogens is 492 g/mol. The highest BCUT2D eigenvalue weighted by Crippen LogP contribution is 2.49. The lowest BCUT2D eigenvalue weighted by atomic mass is 9.84. The smallest absolute Gasteiger partial charge is 0.312 e. The molecule has 0 unspecified atom stereocenters. The van der Waals surface area contributed by atoms with E-state index < -0.39 is 0 Å². The van der Waals surface area contributed by atoms with Crippen LogP contribution in [0.15, 0.2) is 66.4 Å². The molecule has 6 nitrogen and oxygen atoms in total. The Labute approximate surface area is 229 Å². The van der Waals surface area contributed by atoms with Gasteiger partial charge in [-0.25, -0.2) is 0 Å². The molecule has 6 heteroatoms. The van der Waals surface area contributed by atoms with Gasteiger partial charge in [0.15, 0.2) is 5.76 Å². The van der Waals surface area contributed by atoms with Crippen molar-refractivity contribution in [3.63, 3.8) is 0 Å². The zero-order valence-electron chi connectivity index (χ0n) is 22.5. The highest BCUT2D eigenvalue weighted by molar-refractivity contribution is 6.15. The van der Waals surface area contributed by atoms with Gasteiger partial charge in [0.05, 0.1) is 25.7 Å². The van der Waals surface area contributed by atoms with Crippen molar-refractivity contribution < 1.29 is 28.5 Å². The number of esters is 1. The van der Waals surface area contributed by atoms with Crippen LogP contribution >= 0.6 is 0 Å². The number of fused-ring (bicyclic) bond motifs is 3. The van der Waals surface area contributed by atoms with Gasteiger partial charge in [-0.15, -0.1) is 0 Å². The van der Waals surface area contributed by atoms with Crippen molar-refractivity contribution in [2.45, 2.75) is 57.8 Å². The lowest BCUT2D eigenvalue weighted by Gasteiger charge is -2.26. The number of methoxy groups -OCH3 is 1. The van der Waals surface area contributed by atoms with Crippen LogP contribution in [0.4, 0.5) is 0 Å². The van der Waals surface area contributed by atoms with E-state index >= 15 is 0 Å². The maximum absolute atomic E-state index is 13.2. The first-order valence-electron chi connectivity index (χ1n) is 13.8. The summed E-state index contributed by atoms with van der Waals surface area (Å²) in [5.74, 6) is 1.86. The topological polar surface area (TPSA) is 71.1 Å². The molecule has 202 valence electrons. The van der Waals surface area contributed by atoms with E-state index in [9.17, 15) is 9.59 Å². The highest BCUT2D eigenvalue weighted by Gasteiger charge is 2.38. The van der Waals surface area contributed by atoms with Gasteiger partial charge in [0.2, 0.25) is 5.78 Å². The summed E-state index contributed by atoms with van der Waals surface area (Å²) in [7, 11) is 1.61. The van der Waals surface area contributed by atoms with Gasteiger partial charge >= 0.3 is 5.97 Å². The van der Waals surface area contributed by atoms with E-state index in [4.69, 9.17) is 18.9 Å². The van der Waals surface area contributed by atoms with Crippen LogP contribution in [0.1, 0.15) is 84.8 Å². The summed E-state index contributed by atoms with van der Waals surface area (Å²) in [6.07, 6.45) is 9.18. The van der Waals surface area contributed by atoms with Crippen molar-refractivity contribution in [1.82, 2.24) is 0 Å². The Morgan fingerprint density at radius 1 is 0.846 bits per heavy atom. The SMILES string of the molecule is CCCCCCCCOc1ccc([C@@H]2CC(=O)Oc3ccc4c(c32)O/C(=C\c2ccc(OC)cc2)C4=O)cc1. The average Bonchev–Trinajstić information content (AvgIpc) is 3.27. The molecule has 1 atom stereocenters. The number of benzene rings is 3. The normalized spacial score (nSPS) is 16.9. The maximum atomic E-state index is 13.2. The second-order valence-electron chi connectivity index (χ2n) is 9.98. The van der Waals surface area contributed by atoms with Crippen molar-refractivity contribution in [2.24, 2.45) is 0 Å². The monoisotopic (exact) mass is 526 g/mol. The van der Waals surface area contributed by atoms with Crippen molar-refractivity contribution in [3.05, 3.63) is 88.7 Å². The van der Waals surface area contributed by atoms with Gasteiger partial charge in [0, 0.05) is 11.5 Å². The summed E-state index contributed by atoms with van der Waals surface area (Å²) in [4.78, 5) is 25.7. The van der Waals surface area contributed by atoms with Crippen molar-refractivity contribution in [3.8, 4) is 23.0 Å². The fourth-order valence-corrected chi connectivity index (χ4v) is 5.11. The Hall–Kier alpha value is -4.06. The lowest BCUT2D eigenvalue weighted by Crippen LogP contribution is -2.21. The van der Waals surface area contributed by atoms with Gasteiger partial charge in [-0.05, 0) is 60.0 Å². The fourth-order valence-electron chi connectivity index (χ4n) is 5.11. The number of ketones is 1. The van der Waals surface area contributed by atoms with Crippen LogP contribution in [0.3, 0.4) is 0 Å². The van der Waals surface area contributed by atoms with Crippen LogP contribution in [-0.2, 0) is 4.79 Å². The number of ether oxygens (including phenoxy) is 4.